The van der Waals surface area contributed by atoms with Crippen molar-refractivity contribution in [2.75, 3.05) is 20.8 Å². The lowest BCUT2D eigenvalue weighted by atomic mass is 9.92. The van der Waals surface area contributed by atoms with Crippen molar-refractivity contribution in [1.29, 1.82) is 0 Å². The Labute approximate surface area is 112 Å². The van der Waals surface area contributed by atoms with Crippen LogP contribution in [0.4, 0.5) is 0 Å². The molecular formula is C12H20N2O3S. The average Bonchev–Trinajstić information content (AvgIpc) is 2.33. The molecule has 0 radical (unpaired) electrons. The molecule has 0 fully saturated rings. The third kappa shape index (κ3) is 4.03. The highest BCUT2D eigenvalue weighted by Gasteiger charge is 2.26. The summed E-state index contributed by atoms with van der Waals surface area (Å²) in [7, 11) is 3.09. The number of nitrogens with zero attached hydrogens (tertiary/aromatic N) is 2. The Morgan fingerprint density at radius 2 is 1.72 bits per heavy atom. The molecule has 1 N–H and O–H groups in total. The fourth-order valence-corrected chi connectivity index (χ4v) is 2.23. The number of aliphatic hydroxyl groups is 1. The minimum atomic E-state index is -0.0426. The largest absolute Gasteiger partial charge is 0.481 e. The molecule has 0 aromatic carbocycles. The molecule has 1 unspecified atom stereocenters. The van der Waals surface area contributed by atoms with E-state index in [0.717, 1.165) is 0 Å². The SMILES string of the molecule is COc1cc(OC)nc(SC(CO)C(C)(C)C)n1. The Balaban J connectivity index is 2.95. The molecule has 18 heavy (non-hydrogen) atoms. The molecule has 5 nitrogen and oxygen atoms in total. The molecule has 1 aromatic heterocycles. The van der Waals surface area contributed by atoms with Crippen LogP contribution in [0.2, 0.25) is 0 Å². The van der Waals surface area contributed by atoms with Gasteiger partial charge < -0.3 is 14.6 Å². The van der Waals surface area contributed by atoms with Gasteiger partial charge in [0.15, 0.2) is 5.16 Å². The van der Waals surface area contributed by atoms with Crippen LogP contribution in [0.5, 0.6) is 11.8 Å². The van der Waals surface area contributed by atoms with Gasteiger partial charge in [-0.1, -0.05) is 32.5 Å². The molecule has 1 heterocycles. The highest BCUT2D eigenvalue weighted by Crippen LogP contribution is 2.34. The zero-order valence-corrected chi connectivity index (χ0v) is 12.2. The van der Waals surface area contributed by atoms with Crippen LogP contribution in [0.25, 0.3) is 0 Å². The molecule has 0 aliphatic rings. The van der Waals surface area contributed by atoms with Crippen molar-refractivity contribution in [1.82, 2.24) is 9.97 Å². The maximum absolute atomic E-state index is 9.44. The maximum Gasteiger partial charge on any atom is 0.220 e. The van der Waals surface area contributed by atoms with E-state index in [1.54, 1.807) is 20.3 Å². The highest BCUT2D eigenvalue weighted by atomic mass is 32.2. The molecule has 0 saturated carbocycles. The lowest BCUT2D eigenvalue weighted by Gasteiger charge is -2.27. The van der Waals surface area contributed by atoms with Gasteiger partial charge in [-0.3, -0.25) is 0 Å². The fraction of sp³-hybridized carbons (Fsp3) is 0.667. The van der Waals surface area contributed by atoms with Crippen molar-refractivity contribution in [2.45, 2.75) is 31.2 Å². The number of aromatic nitrogens is 2. The number of thioether (sulfide) groups is 1. The van der Waals surface area contributed by atoms with Crippen LogP contribution in [-0.2, 0) is 0 Å². The van der Waals surface area contributed by atoms with E-state index in [9.17, 15) is 5.11 Å². The van der Waals surface area contributed by atoms with Gasteiger partial charge in [-0.15, -0.1) is 0 Å². The minimum absolute atomic E-state index is 0.00862. The van der Waals surface area contributed by atoms with Gasteiger partial charge >= 0.3 is 0 Å². The van der Waals surface area contributed by atoms with E-state index in [0.29, 0.717) is 16.9 Å². The van der Waals surface area contributed by atoms with E-state index in [4.69, 9.17) is 9.47 Å². The number of rotatable bonds is 5. The van der Waals surface area contributed by atoms with Gasteiger partial charge in [0.05, 0.1) is 26.9 Å². The first kappa shape index (κ1) is 15.0. The second kappa shape index (κ2) is 6.24. The Bertz CT molecular complexity index is 371. The number of ether oxygens (including phenoxy) is 2. The van der Waals surface area contributed by atoms with Crippen molar-refractivity contribution >= 4 is 11.8 Å². The van der Waals surface area contributed by atoms with E-state index < -0.39 is 0 Å². The second-order valence-electron chi connectivity index (χ2n) is 4.89. The van der Waals surface area contributed by atoms with Crippen LogP contribution in [0.15, 0.2) is 11.2 Å². The Hall–Kier alpha value is -1.01. The molecule has 6 heteroatoms. The number of hydrogen-bond donors (Lipinski definition) is 1. The van der Waals surface area contributed by atoms with E-state index in [2.05, 4.69) is 30.7 Å². The summed E-state index contributed by atoms with van der Waals surface area (Å²) in [5.74, 6) is 0.907. The predicted octanol–water partition coefficient (Wildman–Crippen LogP) is 1.99. The molecular weight excluding hydrogens is 252 g/mol. The van der Waals surface area contributed by atoms with Crippen LogP contribution in [0, 0.1) is 5.41 Å². The van der Waals surface area contributed by atoms with Crippen LogP contribution in [0.3, 0.4) is 0 Å². The zero-order valence-electron chi connectivity index (χ0n) is 11.4. The zero-order chi connectivity index (χ0) is 13.8. The smallest absolute Gasteiger partial charge is 0.220 e. The molecule has 0 amide bonds. The first-order chi connectivity index (χ1) is 8.40. The summed E-state index contributed by atoms with van der Waals surface area (Å²) < 4.78 is 10.2. The summed E-state index contributed by atoms with van der Waals surface area (Å²) >= 11 is 1.42. The second-order valence-corrected chi connectivity index (χ2v) is 6.06. The Morgan fingerprint density at radius 1 is 1.22 bits per heavy atom. The lowest BCUT2D eigenvalue weighted by molar-refractivity contribution is 0.234. The fourth-order valence-electron chi connectivity index (χ4n) is 1.26. The first-order valence-electron chi connectivity index (χ1n) is 5.65. The van der Waals surface area contributed by atoms with Gasteiger partial charge in [-0.2, -0.15) is 9.97 Å². The van der Waals surface area contributed by atoms with Gasteiger partial charge in [0.25, 0.3) is 0 Å². The lowest BCUT2D eigenvalue weighted by Crippen LogP contribution is -2.26. The monoisotopic (exact) mass is 272 g/mol. The standard InChI is InChI=1S/C12H20N2O3S/c1-12(2,3)8(7-15)18-11-13-9(16-4)6-10(14-11)17-5/h6,8,15H,7H2,1-5H3. The first-order valence-corrected chi connectivity index (χ1v) is 6.53. The minimum Gasteiger partial charge on any atom is -0.481 e. The van der Waals surface area contributed by atoms with Crippen LogP contribution in [0.1, 0.15) is 20.8 Å². The molecule has 1 rings (SSSR count). The maximum atomic E-state index is 9.44. The van der Waals surface area contributed by atoms with Gasteiger partial charge in [-0.05, 0) is 5.41 Å². The quantitative estimate of drug-likeness (QED) is 0.653. The molecule has 1 aromatic rings. The number of aliphatic hydroxyl groups excluding tert-OH is 1. The highest BCUT2D eigenvalue weighted by molar-refractivity contribution is 7.99. The summed E-state index contributed by atoms with van der Waals surface area (Å²) in [6, 6.07) is 1.62. The summed E-state index contributed by atoms with van der Waals surface area (Å²) in [5.41, 5.74) is -0.0426. The molecule has 1 atom stereocenters. The molecule has 0 saturated heterocycles. The molecule has 0 spiro atoms. The topological polar surface area (TPSA) is 64.5 Å². The van der Waals surface area contributed by atoms with Crippen LogP contribution in [-0.4, -0.2) is 41.2 Å². The van der Waals surface area contributed by atoms with Crippen molar-refractivity contribution < 1.29 is 14.6 Å². The molecule has 0 aliphatic heterocycles. The average molecular weight is 272 g/mol. The van der Waals surface area contributed by atoms with Crippen LogP contribution < -0.4 is 9.47 Å². The van der Waals surface area contributed by atoms with E-state index >= 15 is 0 Å². The third-order valence-corrected chi connectivity index (χ3v) is 3.99. The normalized spacial score (nSPS) is 13.2. The molecule has 102 valence electrons. The van der Waals surface area contributed by atoms with Gasteiger partial charge in [0.1, 0.15) is 0 Å². The van der Waals surface area contributed by atoms with Gasteiger partial charge in [-0.25, -0.2) is 0 Å². The Morgan fingerprint density at radius 3 is 2.06 bits per heavy atom. The van der Waals surface area contributed by atoms with Crippen LogP contribution >= 0.6 is 11.8 Å². The Kier molecular flexibility index (Phi) is 5.22. The van der Waals surface area contributed by atoms with Crippen molar-refractivity contribution in [3.8, 4) is 11.8 Å². The number of methoxy groups -OCH3 is 2. The van der Waals surface area contributed by atoms with Crippen molar-refractivity contribution in [3.63, 3.8) is 0 Å². The molecule has 0 aliphatic carbocycles. The van der Waals surface area contributed by atoms with Crippen molar-refractivity contribution in [2.24, 2.45) is 5.41 Å². The van der Waals surface area contributed by atoms with Crippen molar-refractivity contribution in [3.05, 3.63) is 6.07 Å². The summed E-state index contributed by atoms with van der Waals surface area (Å²) in [5, 5.41) is 9.99. The van der Waals surface area contributed by atoms with Gasteiger partial charge in [0, 0.05) is 5.25 Å². The van der Waals surface area contributed by atoms with E-state index in [1.165, 1.54) is 11.8 Å². The van der Waals surface area contributed by atoms with E-state index in [1.807, 2.05) is 0 Å². The summed E-state index contributed by atoms with van der Waals surface area (Å²) in [6.07, 6.45) is 0. The van der Waals surface area contributed by atoms with Gasteiger partial charge in [0.2, 0.25) is 11.8 Å². The molecule has 0 bridgehead atoms. The number of hydrogen-bond acceptors (Lipinski definition) is 6. The summed E-state index contributed by atoms with van der Waals surface area (Å²) in [4.78, 5) is 8.48. The van der Waals surface area contributed by atoms with E-state index in [-0.39, 0.29) is 17.3 Å². The summed E-state index contributed by atoms with van der Waals surface area (Å²) in [6.45, 7) is 6.27. The predicted molar refractivity (Wildman–Crippen MR) is 71.3 cm³/mol. The third-order valence-electron chi connectivity index (χ3n) is 2.46.